The van der Waals surface area contributed by atoms with Crippen LogP contribution < -0.4 is 0 Å². The second-order valence-corrected chi connectivity index (χ2v) is 39.4. The van der Waals surface area contributed by atoms with E-state index in [4.69, 9.17) is 0 Å². The van der Waals surface area contributed by atoms with Crippen molar-refractivity contribution in [3.8, 4) is 0 Å². The zero-order valence-corrected chi connectivity index (χ0v) is 66.9. The maximum absolute atomic E-state index is 2.46. The SMILES string of the molecule is CC(C)(C)C1(C)CCCC1.CC(C)C1(C)CCCC1.CC1(C)CCCCC1.CC1(C)CCCCCC1.CC1(C)CCCCCCC1.CC1(C)CCCCCCCCC1.CC1(C)CCCCCCCCCCC1.CCC1(C)CCCC1.CCC1(C)CCCCC1. The predicted molar refractivity (Wildman–Crippen MR) is 410 cm³/mol. The summed E-state index contributed by atoms with van der Waals surface area (Å²) >= 11 is 0. The molecule has 0 amide bonds. The Kier molecular flexibility index (Phi) is 45.2. The Labute approximate surface area is 568 Å². The molecule has 0 aromatic rings. The van der Waals surface area contributed by atoms with Gasteiger partial charge in [-0.2, -0.15) is 0 Å². The Morgan fingerprint density at radius 1 is 0.213 bits per heavy atom. The molecule has 9 saturated carbocycles. The fourth-order valence-electron chi connectivity index (χ4n) is 16.8. The van der Waals surface area contributed by atoms with Gasteiger partial charge in [-0.05, 0) is 176 Å². The first-order chi connectivity index (χ1) is 41.7. The molecule has 9 aliphatic carbocycles. The van der Waals surface area contributed by atoms with Crippen molar-refractivity contribution in [2.24, 2.45) is 60.1 Å². The van der Waals surface area contributed by atoms with Crippen LogP contribution in [-0.4, -0.2) is 0 Å². The molecule has 0 aromatic carbocycles. The summed E-state index contributed by atoms with van der Waals surface area (Å²) in [4.78, 5) is 0. The van der Waals surface area contributed by atoms with E-state index >= 15 is 0 Å². The Morgan fingerprint density at radius 2 is 0.360 bits per heavy atom. The van der Waals surface area contributed by atoms with Crippen molar-refractivity contribution in [2.75, 3.05) is 0 Å². The van der Waals surface area contributed by atoms with Crippen LogP contribution in [0.5, 0.6) is 0 Å². The minimum absolute atomic E-state index is 0.517. The van der Waals surface area contributed by atoms with Gasteiger partial charge in [-0.3, -0.25) is 0 Å². The molecule has 0 unspecified atom stereocenters. The molecule has 0 spiro atoms. The maximum atomic E-state index is 2.46. The molecule has 0 heterocycles. The largest absolute Gasteiger partial charge is 0.0649 e. The molecule has 9 aliphatic rings. The summed E-state index contributed by atoms with van der Waals surface area (Å²) in [6.07, 6.45) is 83.5. The first-order valence-electron chi connectivity index (χ1n) is 41.7. The molecular weight excluding hydrogens is 1070 g/mol. The van der Waals surface area contributed by atoms with E-state index in [0.717, 1.165) is 16.7 Å². The Bertz CT molecular complexity index is 1540. The van der Waals surface area contributed by atoms with Crippen LogP contribution in [0.25, 0.3) is 0 Å². The highest BCUT2D eigenvalue weighted by Crippen LogP contribution is 2.51. The van der Waals surface area contributed by atoms with Crippen LogP contribution in [-0.2, 0) is 0 Å². The van der Waals surface area contributed by atoms with Crippen molar-refractivity contribution in [3.63, 3.8) is 0 Å². The van der Waals surface area contributed by atoms with Gasteiger partial charge in [-0.15, -0.1) is 0 Å². The first-order valence-corrected chi connectivity index (χ1v) is 41.7. The van der Waals surface area contributed by atoms with Gasteiger partial charge >= 0.3 is 0 Å². The van der Waals surface area contributed by atoms with E-state index in [-0.39, 0.29) is 0 Å². The lowest BCUT2D eigenvalue weighted by atomic mass is 9.67. The van der Waals surface area contributed by atoms with Gasteiger partial charge in [0.2, 0.25) is 0 Å². The third-order valence-electron chi connectivity index (χ3n) is 26.5. The van der Waals surface area contributed by atoms with Gasteiger partial charge in [0.05, 0.1) is 0 Å². The van der Waals surface area contributed by atoms with E-state index in [9.17, 15) is 0 Å². The van der Waals surface area contributed by atoms with Crippen LogP contribution >= 0.6 is 0 Å². The third kappa shape index (κ3) is 44.5. The highest BCUT2D eigenvalue weighted by molar-refractivity contribution is 4.90. The lowest BCUT2D eigenvalue weighted by Gasteiger charge is -2.38. The van der Waals surface area contributed by atoms with Gasteiger partial charge in [0.1, 0.15) is 0 Å². The second-order valence-electron chi connectivity index (χ2n) is 39.4. The quantitative estimate of drug-likeness (QED) is 0.247. The fourth-order valence-corrected chi connectivity index (χ4v) is 16.8. The number of hydrogen-bond acceptors (Lipinski definition) is 0. The van der Waals surface area contributed by atoms with Gasteiger partial charge in [-0.1, -0.05) is 396 Å². The fraction of sp³-hybridized carbons (Fsp3) is 1.00. The van der Waals surface area contributed by atoms with E-state index in [1.165, 1.54) is 366 Å². The topological polar surface area (TPSA) is 0 Å². The molecule has 0 aromatic heterocycles. The smallest absolute Gasteiger partial charge is 0.0277 e. The molecule has 89 heavy (non-hydrogen) atoms. The Balaban J connectivity index is 0.000000503. The summed E-state index contributed by atoms with van der Waals surface area (Å²) in [5, 5.41) is 0. The minimum atomic E-state index is 0.517. The van der Waals surface area contributed by atoms with Crippen LogP contribution in [0.2, 0.25) is 0 Å². The van der Waals surface area contributed by atoms with Crippen molar-refractivity contribution in [3.05, 3.63) is 0 Å². The monoisotopic (exact) mass is 1250 g/mol. The Hall–Kier alpha value is 0. The molecule has 0 atom stereocenters. The van der Waals surface area contributed by atoms with Crippen LogP contribution in [0, 0.1) is 60.1 Å². The van der Waals surface area contributed by atoms with E-state index in [0.29, 0.717) is 43.3 Å². The number of rotatable bonds is 3. The molecule has 0 radical (unpaired) electrons. The zero-order valence-electron chi connectivity index (χ0n) is 66.9. The summed E-state index contributed by atoms with van der Waals surface area (Å²) in [5.74, 6) is 0.889. The van der Waals surface area contributed by atoms with E-state index in [2.05, 4.69) is 145 Å². The molecule has 534 valence electrons. The van der Waals surface area contributed by atoms with Crippen LogP contribution in [0.15, 0.2) is 0 Å². The summed E-state index contributed by atoms with van der Waals surface area (Å²) in [6.45, 7) is 50.4. The molecule has 0 heteroatoms. The normalized spacial score (nSPS) is 26.4. The van der Waals surface area contributed by atoms with Crippen molar-refractivity contribution >= 4 is 0 Å². The predicted octanol–water partition coefficient (Wildman–Crippen LogP) is 33.1. The van der Waals surface area contributed by atoms with Gasteiger partial charge in [0.25, 0.3) is 0 Å². The van der Waals surface area contributed by atoms with Crippen LogP contribution in [0.4, 0.5) is 0 Å². The number of hydrogen-bond donors (Lipinski definition) is 0. The van der Waals surface area contributed by atoms with Crippen molar-refractivity contribution in [1.82, 2.24) is 0 Å². The Morgan fingerprint density at radius 3 is 0.506 bits per heavy atom. The molecule has 0 aliphatic heterocycles. The lowest BCUT2D eigenvalue weighted by molar-refractivity contribution is 0.117. The molecule has 9 rings (SSSR count). The standard InChI is InChI=1S/C14H28.C12H24.2C10H20.3C9H18.2C8H16/c1-14(2)12-10-8-6-4-3-5-7-9-11-13-14;1-12(2)10-8-6-4-3-5-7-9-11-12;1-9(2,3)10(4)7-5-6-8-10;1-10(2)8-6-4-3-5-7-9-10;1-8(2)9(3)6-4-5-7-9;1-9(2)7-5-3-4-6-8-9;1-3-9(2)7-5-4-6-8-9;1-8(2)6-4-3-5-7-8;1-3-8(2)6-4-5-7-8/h3-13H2,1-2H3;3-11H2,1-2H3;5-8H2,1-4H3;3-9H2,1-2H3;8H,4-7H2,1-3H3;2*3-8H2,1-2H3;2*3-7H2,1-2H3. The van der Waals surface area contributed by atoms with E-state index in [1.807, 2.05) is 0 Å². The van der Waals surface area contributed by atoms with Gasteiger partial charge in [0.15, 0.2) is 0 Å². The maximum Gasteiger partial charge on any atom is -0.0277 e. The highest BCUT2D eigenvalue weighted by atomic mass is 14.4. The molecule has 9 fully saturated rings. The average molecular weight is 1250 g/mol. The molecular formula is C89H178. The van der Waals surface area contributed by atoms with Crippen molar-refractivity contribution in [1.29, 1.82) is 0 Å². The van der Waals surface area contributed by atoms with E-state index in [1.54, 1.807) is 0 Å². The first kappa shape index (κ1) is 87.0. The van der Waals surface area contributed by atoms with E-state index < -0.39 is 0 Å². The zero-order chi connectivity index (χ0) is 66.9. The minimum Gasteiger partial charge on any atom is -0.0649 e. The molecule has 0 N–H and O–H groups in total. The summed E-state index contributed by atoms with van der Waals surface area (Å²) < 4.78 is 0. The molecule has 0 nitrogen and oxygen atoms in total. The van der Waals surface area contributed by atoms with Crippen LogP contribution in [0.1, 0.15) is 511 Å². The van der Waals surface area contributed by atoms with Gasteiger partial charge in [0, 0.05) is 0 Å². The molecule has 0 bridgehead atoms. The lowest BCUT2D eigenvalue weighted by Crippen LogP contribution is -2.29. The third-order valence-corrected chi connectivity index (χ3v) is 26.5. The summed E-state index contributed by atoms with van der Waals surface area (Å²) in [7, 11) is 0. The van der Waals surface area contributed by atoms with Crippen molar-refractivity contribution < 1.29 is 0 Å². The van der Waals surface area contributed by atoms with Gasteiger partial charge in [-0.25, -0.2) is 0 Å². The second kappa shape index (κ2) is 46.3. The van der Waals surface area contributed by atoms with Gasteiger partial charge < -0.3 is 0 Å². The summed E-state index contributed by atoms with van der Waals surface area (Å²) in [6, 6.07) is 0. The molecule has 0 saturated heterocycles. The summed E-state index contributed by atoms with van der Waals surface area (Å²) in [5.41, 5.74) is 6.56. The average Bonchev–Trinajstić information content (AvgIpc) is 2.65. The highest BCUT2D eigenvalue weighted by Gasteiger charge is 2.39. The van der Waals surface area contributed by atoms with Crippen LogP contribution in [0.3, 0.4) is 0 Å². The van der Waals surface area contributed by atoms with Crippen molar-refractivity contribution in [2.45, 2.75) is 511 Å².